The Morgan fingerprint density at radius 3 is 2.38 bits per heavy atom. The SMILES string of the molecule is O=C(NC1CCC1)[C@H]1C[C@@H]2CN(Cc3ccccc3)C[C@H]1O2.O=C(O)C(F)(F)F. The van der Waals surface area contributed by atoms with E-state index in [0.717, 1.165) is 38.9 Å². The van der Waals surface area contributed by atoms with Gasteiger partial charge in [0, 0.05) is 25.7 Å². The first kappa shape index (κ1) is 21.6. The third kappa shape index (κ3) is 5.93. The van der Waals surface area contributed by atoms with Crippen molar-refractivity contribution in [2.75, 3.05) is 13.1 Å². The van der Waals surface area contributed by atoms with Crippen molar-refractivity contribution < 1.29 is 32.6 Å². The molecule has 2 heterocycles. The highest BCUT2D eigenvalue weighted by Gasteiger charge is 2.45. The van der Waals surface area contributed by atoms with Gasteiger partial charge in [-0.2, -0.15) is 13.2 Å². The summed E-state index contributed by atoms with van der Waals surface area (Å²) < 4.78 is 37.8. The van der Waals surface area contributed by atoms with Gasteiger partial charge in [0.1, 0.15) is 0 Å². The molecule has 1 aromatic rings. The third-order valence-corrected chi connectivity index (χ3v) is 5.51. The van der Waals surface area contributed by atoms with E-state index in [2.05, 4.69) is 34.5 Å². The number of hydrogen-bond donors (Lipinski definition) is 2. The summed E-state index contributed by atoms with van der Waals surface area (Å²) in [6, 6.07) is 11.0. The highest BCUT2D eigenvalue weighted by atomic mass is 19.4. The van der Waals surface area contributed by atoms with Crippen molar-refractivity contribution in [3.05, 3.63) is 35.9 Å². The number of halogens is 3. The number of amides is 1. The Bertz CT molecular complexity index is 709. The molecule has 6 nitrogen and oxygen atoms in total. The second-order valence-corrected chi connectivity index (χ2v) is 7.76. The average molecular weight is 414 g/mol. The molecular formula is C20H25F3N2O4. The molecule has 2 N–H and O–H groups in total. The summed E-state index contributed by atoms with van der Waals surface area (Å²) in [5.41, 5.74) is 1.33. The van der Waals surface area contributed by atoms with Gasteiger partial charge >= 0.3 is 12.1 Å². The van der Waals surface area contributed by atoms with Crippen molar-refractivity contribution in [3.8, 4) is 0 Å². The van der Waals surface area contributed by atoms with E-state index in [-0.39, 0.29) is 24.0 Å². The number of rotatable bonds is 4. The molecule has 0 radical (unpaired) electrons. The summed E-state index contributed by atoms with van der Waals surface area (Å²) in [5, 5.41) is 10.3. The van der Waals surface area contributed by atoms with E-state index in [0.29, 0.717) is 6.04 Å². The van der Waals surface area contributed by atoms with Gasteiger partial charge in [0.05, 0.1) is 18.1 Å². The van der Waals surface area contributed by atoms with Gasteiger partial charge in [0.15, 0.2) is 0 Å². The number of benzene rings is 1. The Morgan fingerprint density at radius 2 is 1.83 bits per heavy atom. The van der Waals surface area contributed by atoms with Crippen LogP contribution in [-0.4, -0.2) is 59.4 Å². The third-order valence-electron chi connectivity index (χ3n) is 5.51. The minimum atomic E-state index is -5.08. The molecule has 0 unspecified atom stereocenters. The zero-order valence-corrected chi connectivity index (χ0v) is 15.9. The van der Waals surface area contributed by atoms with Crippen molar-refractivity contribution in [3.63, 3.8) is 0 Å². The lowest BCUT2D eigenvalue weighted by atomic mass is 9.91. The van der Waals surface area contributed by atoms with Gasteiger partial charge < -0.3 is 15.2 Å². The normalized spacial score (nSPS) is 26.8. The maximum Gasteiger partial charge on any atom is 0.490 e. The van der Waals surface area contributed by atoms with E-state index in [1.165, 1.54) is 12.0 Å². The van der Waals surface area contributed by atoms with E-state index >= 15 is 0 Å². The van der Waals surface area contributed by atoms with Crippen LogP contribution in [0.5, 0.6) is 0 Å². The summed E-state index contributed by atoms with van der Waals surface area (Å²) in [5.74, 6) is -2.49. The Morgan fingerprint density at radius 1 is 1.17 bits per heavy atom. The van der Waals surface area contributed by atoms with E-state index in [1.807, 2.05) is 6.07 Å². The topological polar surface area (TPSA) is 78.9 Å². The van der Waals surface area contributed by atoms with Crippen molar-refractivity contribution in [1.82, 2.24) is 10.2 Å². The molecule has 1 amide bonds. The number of carbonyl (C=O) groups is 2. The number of likely N-dealkylation sites (tertiary alicyclic amines) is 1. The minimum absolute atomic E-state index is 0.0476. The van der Waals surface area contributed by atoms with Crippen LogP contribution in [0.3, 0.4) is 0 Å². The van der Waals surface area contributed by atoms with Gasteiger partial charge in [-0.1, -0.05) is 30.3 Å². The van der Waals surface area contributed by atoms with Crippen LogP contribution in [0.1, 0.15) is 31.2 Å². The van der Waals surface area contributed by atoms with Crippen molar-refractivity contribution in [2.24, 2.45) is 5.92 Å². The molecule has 3 aliphatic rings. The van der Waals surface area contributed by atoms with Crippen LogP contribution < -0.4 is 5.32 Å². The molecule has 1 aromatic carbocycles. The van der Waals surface area contributed by atoms with Crippen LogP contribution >= 0.6 is 0 Å². The number of hydrogen-bond acceptors (Lipinski definition) is 4. The standard InChI is InChI=1S/C18H24N2O2.C2HF3O2/c21-18(19-14-7-4-8-14)16-9-15-11-20(12-17(16)22-15)10-13-5-2-1-3-6-13;3-2(4,5)1(6)7/h1-3,5-6,14-17H,4,7-12H2,(H,19,21);(H,6,7)/t15-,16+,17-;/m1./s1. The lowest BCUT2D eigenvalue weighted by molar-refractivity contribution is -0.192. The fourth-order valence-electron chi connectivity index (χ4n) is 3.84. The molecule has 1 saturated carbocycles. The predicted octanol–water partition coefficient (Wildman–Crippen LogP) is 2.58. The summed E-state index contributed by atoms with van der Waals surface area (Å²) in [6.07, 6.45) is -0.360. The van der Waals surface area contributed by atoms with Crippen LogP contribution in [0.2, 0.25) is 0 Å². The number of alkyl halides is 3. The number of aliphatic carboxylic acids is 1. The number of carboxylic acid groups (broad SMARTS) is 1. The van der Waals surface area contributed by atoms with Gasteiger partial charge in [0.25, 0.3) is 0 Å². The molecule has 2 aliphatic heterocycles. The highest BCUT2D eigenvalue weighted by Crippen LogP contribution is 2.33. The number of carboxylic acids is 1. The highest BCUT2D eigenvalue weighted by molar-refractivity contribution is 5.80. The molecule has 3 fully saturated rings. The molecule has 1 aliphatic carbocycles. The minimum Gasteiger partial charge on any atom is -0.475 e. The van der Waals surface area contributed by atoms with Crippen molar-refractivity contribution in [2.45, 2.75) is 56.7 Å². The van der Waals surface area contributed by atoms with Crippen LogP contribution in [0.25, 0.3) is 0 Å². The molecule has 4 rings (SSSR count). The largest absolute Gasteiger partial charge is 0.490 e. The Kier molecular flexibility index (Phi) is 6.79. The second-order valence-electron chi connectivity index (χ2n) is 7.76. The first-order valence-electron chi connectivity index (χ1n) is 9.74. The van der Waals surface area contributed by atoms with Gasteiger partial charge in [0.2, 0.25) is 5.91 Å². The molecule has 0 aromatic heterocycles. The number of nitrogens with one attached hydrogen (secondary N) is 1. The zero-order chi connectivity index (χ0) is 21.0. The first-order chi connectivity index (χ1) is 13.7. The van der Waals surface area contributed by atoms with E-state index < -0.39 is 12.1 Å². The first-order valence-corrected chi connectivity index (χ1v) is 9.74. The average Bonchev–Trinajstić information content (AvgIpc) is 2.93. The summed E-state index contributed by atoms with van der Waals surface area (Å²) in [4.78, 5) is 23.8. The number of ether oxygens (including phenoxy) is 1. The lowest BCUT2D eigenvalue weighted by Gasteiger charge is -2.33. The van der Waals surface area contributed by atoms with Gasteiger partial charge in [-0.15, -0.1) is 0 Å². The fraction of sp³-hybridized carbons (Fsp3) is 0.600. The zero-order valence-electron chi connectivity index (χ0n) is 15.9. The molecule has 29 heavy (non-hydrogen) atoms. The van der Waals surface area contributed by atoms with E-state index in [9.17, 15) is 18.0 Å². The summed E-state index contributed by atoms with van der Waals surface area (Å²) in [6.45, 7) is 2.76. The molecular weight excluding hydrogens is 389 g/mol. The monoisotopic (exact) mass is 414 g/mol. The fourth-order valence-corrected chi connectivity index (χ4v) is 3.84. The van der Waals surface area contributed by atoms with Gasteiger partial charge in [-0.3, -0.25) is 9.69 Å². The maximum atomic E-state index is 12.4. The molecule has 9 heteroatoms. The number of morpholine rings is 1. The lowest BCUT2D eigenvalue weighted by Crippen LogP contribution is -2.47. The van der Waals surface area contributed by atoms with Crippen LogP contribution in [0.4, 0.5) is 13.2 Å². The molecule has 2 bridgehead atoms. The molecule has 2 saturated heterocycles. The van der Waals surface area contributed by atoms with Crippen LogP contribution in [0, 0.1) is 5.92 Å². The molecule has 3 atom stereocenters. The van der Waals surface area contributed by atoms with Crippen LogP contribution in [0.15, 0.2) is 30.3 Å². The number of fused-ring (bicyclic) bond motifs is 2. The predicted molar refractivity (Wildman–Crippen MR) is 98.0 cm³/mol. The number of carbonyl (C=O) groups excluding carboxylic acids is 1. The second kappa shape index (κ2) is 9.13. The Labute approximate surface area is 167 Å². The Balaban J connectivity index is 0.000000298. The molecule has 0 spiro atoms. The van der Waals surface area contributed by atoms with Crippen molar-refractivity contribution in [1.29, 1.82) is 0 Å². The summed E-state index contributed by atoms with van der Waals surface area (Å²) in [7, 11) is 0. The van der Waals surface area contributed by atoms with Crippen LogP contribution in [-0.2, 0) is 20.9 Å². The van der Waals surface area contributed by atoms with E-state index in [1.54, 1.807) is 0 Å². The van der Waals surface area contributed by atoms with Gasteiger partial charge in [-0.25, -0.2) is 4.79 Å². The molecule has 160 valence electrons. The maximum absolute atomic E-state index is 12.4. The number of nitrogens with zero attached hydrogens (tertiary/aromatic N) is 1. The van der Waals surface area contributed by atoms with E-state index in [4.69, 9.17) is 14.6 Å². The van der Waals surface area contributed by atoms with Gasteiger partial charge in [-0.05, 0) is 31.2 Å². The van der Waals surface area contributed by atoms with Crippen molar-refractivity contribution >= 4 is 11.9 Å². The smallest absolute Gasteiger partial charge is 0.475 e. The summed E-state index contributed by atoms with van der Waals surface area (Å²) >= 11 is 0. The quantitative estimate of drug-likeness (QED) is 0.792. The Hall–Kier alpha value is -2.13.